The fourth-order valence-electron chi connectivity index (χ4n) is 2.84. The molecule has 0 saturated carbocycles. The van der Waals surface area contributed by atoms with E-state index in [-0.39, 0.29) is 0 Å². The Hall–Kier alpha value is -2.11. The molecule has 22 heavy (non-hydrogen) atoms. The van der Waals surface area contributed by atoms with Gasteiger partial charge < -0.3 is 14.5 Å². The topological polar surface area (TPSA) is 34.2 Å². The number of rotatable bonds is 2. The van der Waals surface area contributed by atoms with Crippen LogP contribution in [-0.4, -0.2) is 19.2 Å². The van der Waals surface area contributed by atoms with E-state index in [1.165, 1.54) is 4.70 Å². The largest absolute Gasteiger partial charge is 0.497 e. The number of benzene rings is 2. The van der Waals surface area contributed by atoms with Crippen molar-refractivity contribution in [3.05, 3.63) is 41.0 Å². The predicted molar refractivity (Wildman–Crippen MR) is 95.1 cm³/mol. The van der Waals surface area contributed by atoms with Crippen LogP contribution in [-0.2, 0) is 0 Å². The summed E-state index contributed by atoms with van der Waals surface area (Å²) in [4.78, 5) is 3.31. The third-order valence-electron chi connectivity index (χ3n) is 3.86. The molecular weight excluding hydrogens is 314 g/mol. The van der Waals surface area contributed by atoms with Gasteiger partial charge in [0.05, 0.1) is 24.4 Å². The number of thiophene rings is 1. The molecule has 0 radical (unpaired) electrons. The minimum Gasteiger partial charge on any atom is -0.497 e. The Bertz CT molecular complexity index is 1080. The number of pyridine rings is 1. The summed E-state index contributed by atoms with van der Waals surface area (Å²) >= 11 is 7.26. The number of aromatic amines is 1. The van der Waals surface area contributed by atoms with Gasteiger partial charge in [0.25, 0.3) is 0 Å². The van der Waals surface area contributed by atoms with Gasteiger partial charge in [-0.2, -0.15) is 0 Å². The molecule has 0 spiro atoms. The van der Waals surface area contributed by atoms with E-state index in [0.29, 0.717) is 0 Å². The van der Waals surface area contributed by atoms with Crippen LogP contribution in [0, 0.1) is 4.64 Å². The predicted octanol–water partition coefficient (Wildman–Crippen LogP) is 5.28. The summed E-state index contributed by atoms with van der Waals surface area (Å²) in [6.07, 6.45) is 0. The molecule has 2 heterocycles. The molecule has 0 aliphatic heterocycles. The molecule has 2 aromatic carbocycles. The zero-order chi connectivity index (χ0) is 15.3. The average Bonchev–Trinajstić information content (AvgIpc) is 2.94. The quantitative estimate of drug-likeness (QED) is 0.508. The number of nitrogens with one attached hydrogen (secondary N) is 1. The Morgan fingerprint density at radius 3 is 2.68 bits per heavy atom. The van der Waals surface area contributed by atoms with Gasteiger partial charge in [-0.3, -0.25) is 0 Å². The molecule has 0 aliphatic rings. The summed E-state index contributed by atoms with van der Waals surface area (Å²) in [6, 6.07) is 12.2. The molecule has 4 aromatic rings. The van der Waals surface area contributed by atoms with Gasteiger partial charge in [-0.05, 0) is 24.3 Å². The second kappa shape index (κ2) is 4.97. The Balaban J connectivity index is 2.30. The first-order valence-corrected chi connectivity index (χ1v) is 8.04. The van der Waals surface area contributed by atoms with E-state index in [1.807, 2.05) is 18.2 Å². The molecule has 0 amide bonds. The molecule has 0 saturated heterocycles. The summed E-state index contributed by atoms with van der Waals surface area (Å²) in [7, 11) is 3.35. The lowest BCUT2D eigenvalue weighted by Gasteiger charge is -2.07. The molecule has 3 nitrogen and oxygen atoms in total. The third-order valence-corrected chi connectivity index (χ3v) is 5.48. The van der Waals surface area contributed by atoms with Crippen molar-refractivity contribution in [1.82, 2.24) is 4.98 Å². The third kappa shape index (κ3) is 1.82. The van der Waals surface area contributed by atoms with E-state index in [2.05, 4.69) is 23.2 Å². The van der Waals surface area contributed by atoms with E-state index >= 15 is 0 Å². The van der Waals surface area contributed by atoms with Gasteiger partial charge in [-0.25, -0.2) is 0 Å². The molecule has 2 aromatic heterocycles. The SMILES string of the molecule is COc1ccc2sc3c(=S)[nH]c4c(OC)cccc4c3c2c1. The van der Waals surface area contributed by atoms with E-state index in [0.717, 1.165) is 42.5 Å². The monoisotopic (exact) mass is 327 g/mol. The minimum absolute atomic E-state index is 0.743. The maximum Gasteiger partial charge on any atom is 0.142 e. The van der Waals surface area contributed by atoms with Crippen LogP contribution in [0.3, 0.4) is 0 Å². The van der Waals surface area contributed by atoms with E-state index in [4.69, 9.17) is 21.7 Å². The number of methoxy groups -OCH3 is 2. The number of fused-ring (bicyclic) bond motifs is 5. The molecule has 0 fully saturated rings. The van der Waals surface area contributed by atoms with Crippen molar-refractivity contribution in [2.24, 2.45) is 0 Å². The van der Waals surface area contributed by atoms with Gasteiger partial charge in [-0.15, -0.1) is 11.3 Å². The van der Waals surface area contributed by atoms with Crippen LogP contribution in [0.25, 0.3) is 31.1 Å². The lowest BCUT2D eigenvalue weighted by Crippen LogP contribution is -1.88. The van der Waals surface area contributed by atoms with Crippen molar-refractivity contribution in [1.29, 1.82) is 0 Å². The van der Waals surface area contributed by atoms with Crippen LogP contribution in [0.5, 0.6) is 11.5 Å². The first kappa shape index (κ1) is 13.5. The Morgan fingerprint density at radius 1 is 1.05 bits per heavy atom. The number of hydrogen-bond acceptors (Lipinski definition) is 4. The second-order valence-corrected chi connectivity index (χ2v) is 6.47. The summed E-state index contributed by atoms with van der Waals surface area (Å²) in [6.45, 7) is 0. The van der Waals surface area contributed by atoms with Crippen molar-refractivity contribution >= 4 is 54.6 Å². The lowest BCUT2D eigenvalue weighted by molar-refractivity contribution is 0.415. The van der Waals surface area contributed by atoms with Crippen molar-refractivity contribution in [3.8, 4) is 11.5 Å². The van der Waals surface area contributed by atoms with Gasteiger partial charge in [0.15, 0.2) is 0 Å². The first-order chi connectivity index (χ1) is 10.7. The highest BCUT2D eigenvalue weighted by Crippen LogP contribution is 2.41. The van der Waals surface area contributed by atoms with Crippen LogP contribution in [0.15, 0.2) is 36.4 Å². The van der Waals surface area contributed by atoms with E-state index < -0.39 is 0 Å². The standard InChI is InChI=1S/C17H13NO2S2/c1-19-9-6-7-13-11(8-9)14-10-4-3-5-12(20-2)15(10)18-17(21)16(14)22-13/h3-8H,1-2H3,(H,18,21). The van der Waals surface area contributed by atoms with Crippen LogP contribution in [0.4, 0.5) is 0 Å². The van der Waals surface area contributed by atoms with Gasteiger partial charge >= 0.3 is 0 Å². The molecular formula is C17H13NO2S2. The van der Waals surface area contributed by atoms with E-state index in [9.17, 15) is 0 Å². The molecule has 5 heteroatoms. The Morgan fingerprint density at radius 2 is 1.91 bits per heavy atom. The summed E-state index contributed by atoms with van der Waals surface area (Å²) in [5.41, 5.74) is 0.935. The average molecular weight is 327 g/mol. The second-order valence-electron chi connectivity index (χ2n) is 5.01. The van der Waals surface area contributed by atoms with Crippen molar-refractivity contribution in [2.45, 2.75) is 0 Å². The summed E-state index contributed by atoms with van der Waals surface area (Å²) < 4.78 is 13.9. The number of aromatic nitrogens is 1. The molecule has 0 unspecified atom stereocenters. The first-order valence-electron chi connectivity index (χ1n) is 6.82. The maximum atomic E-state index is 5.56. The number of H-pyrrole nitrogens is 1. The molecule has 4 rings (SSSR count). The fraction of sp³-hybridized carbons (Fsp3) is 0.118. The number of para-hydroxylation sites is 1. The highest BCUT2D eigenvalue weighted by atomic mass is 32.1. The zero-order valence-electron chi connectivity index (χ0n) is 12.1. The van der Waals surface area contributed by atoms with Crippen LogP contribution >= 0.6 is 23.6 Å². The minimum atomic E-state index is 0.743. The smallest absolute Gasteiger partial charge is 0.142 e. The summed E-state index contributed by atoms with van der Waals surface area (Å²) in [5.74, 6) is 1.65. The molecule has 110 valence electrons. The highest BCUT2D eigenvalue weighted by molar-refractivity contribution is 7.71. The van der Waals surface area contributed by atoms with Gasteiger partial charge in [0, 0.05) is 20.9 Å². The van der Waals surface area contributed by atoms with Gasteiger partial charge in [0.1, 0.15) is 16.1 Å². The van der Waals surface area contributed by atoms with Crippen LogP contribution in [0.2, 0.25) is 0 Å². The summed E-state index contributed by atoms with van der Waals surface area (Å²) in [5, 5.41) is 3.44. The fourth-order valence-corrected chi connectivity index (χ4v) is 4.26. The normalized spacial score (nSPS) is 11.4. The van der Waals surface area contributed by atoms with Crippen molar-refractivity contribution < 1.29 is 9.47 Å². The Labute approximate surface area is 136 Å². The molecule has 0 bridgehead atoms. The molecule has 0 atom stereocenters. The van der Waals surface area contributed by atoms with Gasteiger partial charge in [-0.1, -0.05) is 24.4 Å². The molecule has 1 N–H and O–H groups in total. The van der Waals surface area contributed by atoms with Crippen molar-refractivity contribution in [3.63, 3.8) is 0 Å². The highest BCUT2D eigenvalue weighted by Gasteiger charge is 2.13. The molecule has 0 aliphatic carbocycles. The lowest BCUT2D eigenvalue weighted by atomic mass is 10.1. The van der Waals surface area contributed by atoms with Gasteiger partial charge in [0.2, 0.25) is 0 Å². The van der Waals surface area contributed by atoms with Crippen LogP contribution in [0.1, 0.15) is 0 Å². The van der Waals surface area contributed by atoms with Crippen LogP contribution < -0.4 is 9.47 Å². The maximum absolute atomic E-state index is 5.56. The van der Waals surface area contributed by atoms with E-state index in [1.54, 1.807) is 25.6 Å². The number of ether oxygens (including phenoxy) is 2. The zero-order valence-corrected chi connectivity index (χ0v) is 13.7. The van der Waals surface area contributed by atoms with Crippen molar-refractivity contribution in [2.75, 3.05) is 14.2 Å². The number of hydrogen-bond donors (Lipinski definition) is 1. The Kier molecular flexibility index (Phi) is 3.06.